The molecule has 9 nitrogen and oxygen atoms in total. The fourth-order valence-corrected chi connectivity index (χ4v) is 7.10. The number of amides is 1. The minimum Gasteiger partial charge on any atom is -0.379 e. The molecule has 11 heteroatoms. The summed E-state index contributed by atoms with van der Waals surface area (Å²) in [6, 6.07) is 8.74. The van der Waals surface area contributed by atoms with Crippen molar-refractivity contribution in [1.82, 2.24) is 15.2 Å². The number of nitrogens with zero attached hydrogens (tertiary/aromatic N) is 2. The number of nitrogens with one attached hydrogen (secondary N) is 2. The molecule has 0 aliphatic carbocycles. The van der Waals surface area contributed by atoms with Gasteiger partial charge in [0.1, 0.15) is 10.0 Å². The second-order valence-electron chi connectivity index (χ2n) is 10.4. The summed E-state index contributed by atoms with van der Waals surface area (Å²) in [6.45, 7) is 12.2. The number of carbonyl (C=O) groups is 1. The molecule has 2 aromatic heterocycles. The van der Waals surface area contributed by atoms with Crippen molar-refractivity contribution in [2.75, 3.05) is 71.1 Å². The van der Waals surface area contributed by atoms with Gasteiger partial charge in [-0.15, -0.1) is 22.7 Å². The summed E-state index contributed by atoms with van der Waals surface area (Å²) < 4.78 is 17.7. The molecule has 1 aliphatic heterocycles. The summed E-state index contributed by atoms with van der Waals surface area (Å²) in [5.74, 6) is 0.0274. The number of thiophene rings is 1. The molecule has 1 amide bonds. The van der Waals surface area contributed by atoms with Gasteiger partial charge in [0.2, 0.25) is 5.91 Å². The van der Waals surface area contributed by atoms with Crippen LogP contribution in [-0.2, 0) is 32.0 Å². The molecule has 0 spiro atoms. The van der Waals surface area contributed by atoms with Crippen molar-refractivity contribution in [3.8, 4) is 10.6 Å². The van der Waals surface area contributed by atoms with E-state index in [2.05, 4.69) is 41.5 Å². The lowest BCUT2D eigenvalue weighted by Crippen LogP contribution is -2.35. The summed E-state index contributed by atoms with van der Waals surface area (Å²) in [4.78, 5) is 21.7. The van der Waals surface area contributed by atoms with Crippen LogP contribution in [0.2, 0.25) is 0 Å². The summed E-state index contributed by atoms with van der Waals surface area (Å²) in [6.07, 6.45) is 3.16. The topological polar surface area (TPSA) is 111 Å². The van der Waals surface area contributed by atoms with Crippen LogP contribution in [0.3, 0.4) is 0 Å². The highest BCUT2D eigenvalue weighted by molar-refractivity contribution is 7.22. The number of anilines is 1. The van der Waals surface area contributed by atoms with E-state index in [1.54, 1.807) is 22.7 Å². The zero-order chi connectivity index (χ0) is 28.9. The minimum absolute atomic E-state index is 0.0274. The Morgan fingerprint density at radius 2 is 1.76 bits per heavy atom. The second kappa shape index (κ2) is 17.2. The predicted molar refractivity (Wildman–Crippen MR) is 169 cm³/mol. The van der Waals surface area contributed by atoms with E-state index >= 15 is 0 Å². The Morgan fingerprint density at radius 1 is 1.02 bits per heavy atom. The van der Waals surface area contributed by atoms with Crippen molar-refractivity contribution < 1.29 is 19.0 Å². The van der Waals surface area contributed by atoms with E-state index in [0.29, 0.717) is 65.2 Å². The first-order valence-electron chi connectivity index (χ1n) is 14.7. The van der Waals surface area contributed by atoms with Crippen molar-refractivity contribution in [3.05, 3.63) is 34.7 Å². The third kappa shape index (κ3) is 9.79. The maximum Gasteiger partial charge on any atom is 0.226 e. The highest BCUT2D eigenvalue weighted by Gasteiger charge is 2.28. The van der Waals surface area contributed by atoms with Crippen molar-refractivity contribution >= 4 is 43.8 Å². The van der Waals surface area contributed by atoms with Crippen LogP contribution in [0.15, 0.2) is 24.3 Å². The van der Waals surface area contributed by atoms with Gasteiger partial charge in [-0.3, -0.25) is 9.69 Å². The van der Waals surface area contributed by atoms with Crippen molar-refractivity contribution in [2.24, 2.45) is 5.73 Å². The maximum atomic E-state index is 13.0. The molecule has 3 aromatic rings. The Balaban J connectivity index is 1.19. The fraction of sp³-hybridized carbons (Fsp3) is 0.600. The van der Waals surface area contributed by atoms with E-state index in [1.165, 1.54) is 15.1 Å². The van der Waals surface area contributed by atoms with Gasteiger partial charge in [-0.05, 0) is 63.9 Å². The average Bonchev–Trinajstić information content (AvgIpc) is 3.55. The van der Waals surface area contributed by atoms with E-state index in [0.717, 1.165) is 60.0 Å². The Bertz CT molecular complexity index is 1180. The standard InChI is InChI=1S/C30H45N5O4S2/c1-22(2)35-14-10-23-26(21-35)41-30(28(23)29-33-24-7-3-4-8-25(24)40-29)34-27(36)9-13-32-12-6-16-38-18-20-39-19-17-37-15-5-11-31/h3-4,7-8,22,32H,5-6,9-21,31H2,1-2H3,(H,34,36). The van der Waals surface area contributed by atoms with Gasteiger partial charge in [0.25, 0.3) is 0 Å². The molecular weight excluding hydrogens is 558 g/mol. The number of hydrogen-bond acceptors (Lipinski definition) is 10. The van der Waals surface area contributed by atoms with Crippen LogP contribution in [0.25, 0.3) is 20.8 Å². The molecule has 0 saturated heterocycles. The van der Waals surface area contributed by atoms with Crippen LogP contribution in [0.4, 0.5) is 5.00 Å². The van der Waals surface area contributed by atoms with Gasteiger partial charge in [-0.1, -0.05) is 12.1 Å². The predicted octanol–water partition coefficient (Wildman–Crippen LogP) is 4.50. The van der Waals surface area contributed by atoms with Crippen molar-refractivity contribution in [2.45, 2.75) is 52.1 Å². The molecule has 0 unspecified atom stereocenters. The number of hydrogen-bond donors (Lipinski definition) is 3. The Kier molecular flexibility index (Phi) is 13.4. The number of aromatic nitrogens is 1. The van der Waals surface area contributed by atoms with Gasteiger partial charge >= 0.3 is 0 Å². The summed E-state index contributed by atoms with van der Waals surface area (Å²) in [5.41, 5.74) is 8.90. The maximum absolute atomic E-state index is 13.0. The molecule has 0 fully saturated rings. The SMILES string of the molecule is CC(C)N1CCc2c(sc(NC(=O)CCNCCCOCCOCCOCCCN)c2-c2nc3ccccc3s2)C1. The lowest BCUT2D eigenvalue weighted by atomic mass is 10.0. The van der Waals surface area contributed by atoms with E-state index < -0.39 is 0 Å². The number of rotatable bonds is 19. The first kappa shape index (κ1) is 32.0. The summed E-state index contributed by atoms with van der Waals surface area (Å²) in [7, 11) is 0. The lowest BCUT2D eigenvalue weighted by molar-refractivity contribution is -0.116. The first-order valence-corrected chi connectivity index (χ1v) is 16.4. The Labute approximate surface area is 251 Å². The van der Waals surface area contributed by atoms with Gasteiger partial charge in [0.15, 0.2) is 0 Å². The highest BCUT2D eigenvalue weighted by atomic mass is 32.1. The van der Waals surface area contributed by atoms with E-state index in [9.17, 15) is 4.79 Å². The third-order valence-corrected chi connectivity index (χ3v) is 9.17. The van der Waals surface area contributed by atoms with Crippen LogP contribution in [0, 0.1) is 0 Å². The molecular formula is C30H45N5O4S2. The third-order valence-electron chi connectivity index (χ3n) is 6.99. The minimum atomic E-state index is 0.0274. The van der Waals surface area contributed by atoms with Gasteiger partial charge in [-0.2, -0.15) is 0 Å². The number of ether oxygens (including phenoxy) is 3. The van der Waals surface area contributed by atoms with Crippen LogP contribution < -0.4 is 16.4 Å². The van der Waals surface area contributed by atoms with Gasteiger partial charge < -0.3 is 30.6 Å². The quantitative estimate of drug-likeness (QED) is 0.172. The number of carbonyl (C=O) groups excluding carboxylic acids is 1. The molecule has 1 aliphatic rings. The van der Waals surface area contributed by atoms with E-state index in [4.69, 9.17) is 24.9 Å². The van der Waals surface area contributed by atoms with Crippen molar-refractivity contribution in [1.29, 1.82) is 0 Å². The molecule has 4 N–H and O–H groups in total. The first-order chi connectivity index (χ1) is 20.1. The summed E-state index contributed by atoms with van der Waals surface area (Å²) >= 11 is 3.42. The van der Waals surface area contributed by atoms with E-state index in [1.807, 2.05) is 12.1 Å². The van der Waals surface area contributed by atoms with E-state index in [-0.39, 0.29) is 5.91 Å². The molecule has 3 heterocycles. The number of para-hydroxylation sites is 1. The Morgan fingerprint density at radius 3 is 2.49 bits per heavy atom. The molecule has 0 saturated carbocycles. The zero-order valence-corrected chi connectivity index (χ0v) is 26.0. The molecule has 226 valence electrons. The summed E-state index contributed by atoms with van der Waals surface area (Å²) in [5, 5.41) is 8.53. The number of benzene rings is 1. The molecule has 0 bridgehead atoms. The zero-order valence-electron chi connectivity index (χ0n) is 24.4. The highest BCUT2D eigenvalue weighted by Crippen LogP contribution is 2.45. The van der Waals surface area contributed by atoms with Crippen LogP contribution in [0.1, 0.15) is 43.6 Å². The molecule has 1 aromatic carbocycles. The fourth-order valence-electron chi connectivity index (χ4n) is 4.70. The molecule has 4 rings (SSSR count). The largest absolute Gasteiger partial charge is 0.379 e. The smallest absolute Gasteiger partial charge is 0.226 e. The molecule has 0 atom stereocenters. The average molecular weight is 604 g/mol. The van der Waals surface area contributed by atoms with Gasteiger partial charge in [0.05, 0.1) is 36.6 Å². The number of thiazole rings is 1. The monoisotopic (exact) mass is 603 g/mol. The molecule has 41 heavy (non-hydrogen) atoms. The molecule has 0 radical (unpaired) electrons. The van der Waals surface area contributed by atoms with Crippen molar-refractivity contribution in [3.63, 3.8) is 0 Å². The van der Waals surface area contributed by atoms with Crippen LogP contribution in [0.5, 0.6) is 0 Å². The number of nitrogens with two attached hydrogens (primary N) is 1. The van der Waals surface area contributed by atoms with Gasteiger partial charge in [-0.25, -0.2) is 4.98 Å². The normalized spacial score (nSPS) is 13.8. The van der Waals surface area contributed by atoms with Gasteiger partial charge in [0, 0.05) is 55.8 Å². The van der Waals surface area contributed by atoms with Crippen LogP contribution >= 0.6 is 22.7 Å². The van der Waals surface area contributed by atoms with Crippen LogP contribution in [-0.4, -0.2) is 87.7 Å². The Hall–Kier alpha value is -1.96. The lowest BCUT2D eigenvalue weighted by Gasteiger charge is -2.30. The second-order valence-corrected chi connectivity index (χ2v) is 12.5. The number of fused-ring (bicyclic) bond motifs is 2.